The van der Waals surface area contributed by atoms with Gasteiger partial charge in [0.25, 0.3) is 0 Å². The van der Waals surface area contributed by atoms with Gasteiger partial charge in [0.05, 0.1) is 23.4 Å². The molecule has 0 bridgehead atoms. The Morgan fingerprint density at radius 1 is 1.25 bits per heavy atom. The van der Waals surface area contributed by atoms with Crippen LogP contribution in [-0.4, -0.2) is 22.2 Å². The van der Waals surface area contributed by atoms with Gasteiger partial charge in [-0.3, -0.25) is 0 Å². The van der Waals surface area contributed by atoms with Crippen molar-refractivity contribution in [2.24, 2.45) is 5.92 Å². The van der Waals surface area contributed by atoms with E-state index >= 15 is 0 Å². The summed E-state index contributed by atoms with van der Waals surface area (Å²) in [6.07, 6.45) is 8.36. The number of esters is 1. The molecule has 0 unspecified atom stereocenters. The minimum Gasteiger partial charge on any atom is -0.462 e. The summed E-state index contributed by atoms with van der Waals surface area (Å²) in [5.41, 5.74) is 4.86. The smallest absolute Gasteiger partial charge is 0.340 e. The molecule has 1 saturated carbocycles. The van der Waals surface area contributed by atoms with Crippen LogP contribution < -0.4 is 0 Å². The first-order valence-corrected chi connectivity index (χ1v) is 9.32. The second kappa shape index (κ2) is 7.37. The third-order valence-corrected chi connectivity index (χ3v) is 5.22. The predicted molar refractivity (Wildman–Crippen MR) is 95.5 cm³/mol. The Morgan fingerprint density at radius 3 is 2.67 bits per heavy atom. The molecular formula is C20H28N2O2. The molecule has 24 heavy (non-hydrogen) atoms. The van der Waals surface area contributed by atoms with Crippen molar-refractivity contribution in [3.63, 3.8) is 0 Å². The fourth-order valence-corrected chi connectivity index (χ4v) is 3.99. The molecule has 1 aliphatic carbocycles. The van der Waals surface area contributed by atoms with E-state index in [0.29, 0.717) is 18.1 Å². The molecule has 0 aliphatic heterocycles. The van der Waals surface area contributed by atoms with Gasteiger partial charge in [0.2, 0.25) is 0 Å². The topological polar surface area (TPSA) is 43.6 Å². The quantitative estimate of drug-likeness (QED) is 0.759. The number of aromatic nitrogens is 2. The van der Waals surface area contributed by atoms with Gasteiger partial charge in [0.15, 0.2) is 0 Å². The summed E-state index contributed by atoms with van der Waals surface area (Å²) in [6, 6.07) is 4.24. The van der Waals surface area contributed by atoms with Crippen molar-refractivity contribution in [1.82, 2.24) is 9.61 Å². The number of ether oxygens (including phenoxy) is 1. The fraction of sp³-hybridized carbons (Fsp3) is 0.600. The molecule has 2 aromatic heterocycles. The number of aryl methyl sites for hydroxylation is 2. The van der Waals surface area contributed by atoms with Crippen LogP contribution in [0.2, 0.25) is 0 Å². The largest absolute Gasteiger partial charge is 0.462 e. The standard InChI is InChI=1S/C20H28N2O2/c1-4-16-11-12-18-17(13-15-9-7-6-8-10-15)19(20(23)24-5-2)14(3)21-22(16)18/h11-12,15H,4-10,13H2,1-3H3. The van der Waals surface area contributed by atoms with Gasteiger partial charge in [0, 0.05) is 5.69 Å². The third-order valence-electron chi connectivity index (χ3n) is 5.22. The van der Waals surface area contributed by atoms with Gasteiger partial charge >= 0.3 is 5.97 Å². The van der Waals surface area contributed by atoms with E-state index in [2.05, 4.69) is 24.2 Å². The van der Waals surface area contributed by atoms with Gasteiger partial charge in [-0.2, -0.15) is 5.10 Å². The highest BCUT2D eigenvalue weighted by Gasteiger charge is 2.24. The van der Waals surface area contributed by atoms with E-state index in [0.717, 1.165) is 29.6 Å². The van der Waals surface area contributed by atoms with Crippen LogP contribution in [0.5, 0.6) is 0 Å². The molecule has 0 radical (unpaired) electrons. The van der Waals surface area contributed by atoms with Crippen molar-refractivity contribution in [2.75, 3.05) is 6.61 Å². The van der Waals surface area contributed by atoms with E-state index in [-0.39, 0.29) is 5.97 Å². The number of rotatable bonds is 5. The fourth-order valence-electron chi connectivity index (χ4n) is 3.99. The molecule has 0 atom stereocenters. The van der Waals surface area contributed by atoms with E-state index in [9.17, 15) is 4.79 Å². The Balaban J connectivity index is 2.10. The summed E-state index contributed by atoms with van der Waals surface area (Å²) in [4.78, 5) is 12.6. The van der Waals surface area contributed by atoms with Crippen molar-refractivity contribution in [1.29, 1.82) is 0 Å². The highest BCUT2D eigenvalue weighted by Crippen LogP contribution is 2.31. The van der Waals surface area contributed by atoms with Crippen molar-refractivity contribution in [2.45, 2.75) is 65.7 Å². The molecular weight excluding hydrogens is 300 g/mol. The predicted octanol–water partition coefficient (Wildman–Crippen LogP) is 4.50. The summed E-state index contributed by atoms with van der Waals surface area (Å²) >= 11 is 0. The van der Waals surface area contributed by atoms with E-state index in [1.54, 1.807) is 0 Å². The Bertz CT molecular complexity index is 727. The normalized spacial score (nSPS) is 15.8. The molecule has 4 heteroatoms. The first kappa shape index (κ1) is 17.0. The molecule has 3 rings (SSSR count). The molecule has 1 fully saturated rings. The molecule has 0 aromatic carbocycles. The van der Waals surface area contributed by atoms with Crippen molar-refractivity contribution >= 4 is 11.5 Å². The lowest BCUT2D eigenvalue weighted by atomic mass is 9.83. The number of carbonyl (C=O) groups excluding carboxylic acids is 1. The molecule has 4 nitrogen and oxygen atoms in total. The molecule has 1 aliphatic rings. The second-order valence-corrected chi connectivity index (χ2v) is 6.84. The van der Waals surface area contributed by atoms with Crippen LogP contribution in [0.1, 0.15) is 73.3 Å². The van der Waals surface area contributed by atoms with E-state index in [4.69, 9.17) is 4.74 Å². The van der Waals surface area contributed by atoms with E-state index < -0.39 is 0 Å². The van der Waals surface area contributed by atoms with Crippen LogP contribution in [0.3, 0.4) is 0 Å². The van der Waals surface area contributed by atoms with Gasteiger partial charge in [-0.25, -0.2) is 9.31 Å². The van der Waals surface area contributed by atoms with Gasteiger partial charge in [-0.05, 0) is 50.3 Å². The maximum absolute atomic E-state index is 12.6. The number of hydrogen-bond donors (Lipinski definition) is 0. The molecule has 0 saturated heterocycles. The number of nitrogens with zero attached hydrogens (tertiary/aromatic N) is 2. The average molecular weight is 328 g/mol. The second-order valence-electron chi connectivity index (χ2n) is 6.84. The summed E-state index contributed by atoms with van der Waals surface area (Å²) in [5.74, 6) is 0.438. The van der Waals surface area contributed by atoms with Gasteiger partial charge < -0.3 is 4.74 Å². The minimum atomic E-state index is -0.227. The average Bonchev–Trinajstić information content (AvgIpc) is 2.98. The van der Waals surface area contributed by atoms with Crippen LogP contribution in [-0.2, 0) is 17.6 Å². The molecule has 2 heterocycles. The zero-order chi connectivity index (χ0) is 17.1. The van der Waals surface area contributed by atoms with Gasteiger partial charge in [-0.15, -0.1) is 0 Å². The Kier molecular flexibility index (Phi) is 5.22. The third kappa shape index (κ3) is 3.19. The highest BCUT2D eigenvalue weighted by atomic mass is 16.5. The van der Waals surface area contributed by atoms with Crippen LogP contribution >= 0.6 is 0 Å². The van der Waals surface area contributed by atoms with Crippen LogP contribution in [0.4, 0.5) is 0 Å². The summed E-state index contributed by atoms with van der Waals surface area (Å²) < 4.78 is 7.36. The zero-order valence-corrected chi connectivity index (χ0v) is 15.1. The molecule has 130 valence electrons. The van der Waals surface area contributed by atoms with Crippen molar-refractivity contribution in [3.8, 4) is 0 Å². The Hall–Kier alpha value is -1.84. The molecule has 2 aromatic rings. The van der Waals surface area contributed by atoms with Crippen LogP contribution in [0.25, 0.3) is 5.52 Å². The summed E-state index contributed by atoms with van der Waals surface area (Å²) in [7, 11) is 0. The lowest BCUT2D eigenvalue weighted by Crippen LogP contribution is -2.18. The SMILES string of the molecule is CCOC(=O)c1c(C)nn2c(CC)ccc2c1CC1CCCCC1. The molecule has 0 spiro atoms. The molecule has 0 N–H and O–H groups in total. The van der Waals surface area contributed by atoms with Crippen molar-refractivity contribution < 1.29 is 9.53 Å². The van der Waals surface area contributed by atoms with Crippen molar-refractivity contribution in [3.05, 3.63) is 34.6 Å². The van der Waals surface area contributed by atoms with Gasteiger partial charge in [-0.1, -0.05) is 39.0 Å². The lowest BCUT2D eigenvalue weighted by Gasteiger charge is -2.23. The monoisotopic (exact) mass is 328 g/mol. The lowest BCUT2D eigenvalue weighted by molar-refractivity contribution is 0.0523. The number of carbonyl (C=O) groups is 1. The van der Waals surface area contributed by atoms with E-state index in [1.807, 2.05) is 18.4 Å². The first-order valence-electron chi connectivity index (χ1n) is 9.32. The van der Waals surface area contributed by atoms with Gasteiger partial charge in [0.1, 0.15) is 0 Å². The number of hydrogen-bond acceptors (Lipinski definition) is 3. The molecule has 0 amide bonds. The first-order chi connectivity index (χ1) is 11.7. The minimum absolute atomic E-state index is 0.227. The maximum atomic E-state index is 12.6. The number of fused-ring (bicyclic) bond motifs is 1. The van der Waals surface area contributed by atoms with Crippen LogP contribution in [0, 0.1) is 12.8 Å². The Labute approximate surface area is 144 Å². The van der Waals surface area contributed by atoms with Crippen LogP contribution in [0.15, 0.2) is 12.1 Å². The summed E-state index contributed by atoms with van der Waals surface area (Å²) in [6.45, 7) is 6.31. The van der Waals surface area contributed by atoms with E-state index in [1.165, 1.54) is 37.8 Å². The summed E-state index contributed by atoms with van der Waals surface area (Å²) in [5, 5.41) is 4.68. The maximum Gasteiger partial charge on any atom is 0.340 e. The highest BCUT2D eigenvalue weighted by molar-refractivity contribution is 5.94. The Morgan fingerprint density at radius 2 is 2.00 bits per heavy atom. The zero-order valence-electron chi connectivity index (χ0n) is 15.1.